The Morgan fingerprint density at radius 2 is 2.18 bits per heavy atom. The highest BCUT2D eigenvalue weighted by Crippen LogP contribution is 2.38. The van der Waals surface area contributed by atoms with Crippen LogP contribution in [0.4, 0.5) is 4.39 Å². The molecule has 2 aliphatic heterocycles. The number of benzene rings is 1. The fourth-order valence-corrected chi connectivity index (χ4v) is 5.47. The molecule has 2 aromatic heterocycles. The van der Waals surface area contributed by atoms with Crippen molar-refractivity contribution in [1.82, 2.24) is 19.6 Å². The topological polar surface area (TPSA) is 66.6 Å². The molecule has 172 valence electrons. The summed E-state index contributed by atoms with van der Waals surface area (Å²) in [6.45, 7) is 3.42. The average Bonchev–Trinajstić information content (AvgIpc) is 3.18. The fraction of sp³-hybridized carbons (Fsp3) is 0.348. The third-order valence-electron chi connectivity index (χ3n) is 5.41. The van der Waals surface area contributed by atoms with Gasteiger partial charge in [-0.15, -0.1) is 11.3 Å². The number of aryl methyl sites for hydroxylation is 1. The normalized spacial score (nSPS) is 19.8. The maximum absolute atomic E-state index is 12.1. The number of rotatable bonds is 5. The molecule has 1 aliphatic carbocycles. The Morgan fingerprint density at radius 3 is 2.82 bits per heavy atom. The van der Waals surface area contributed by atoms with Gasteiger partial charge in [0.2, 0.25) is 0 Å². The van der Waals surface area contributed by atoms with Gasteiger partial charge in [0.15, 0.2) is 22.5 Å². The second-order valence-electron chi connectivity index (χ2n) is 8.03. The molecule has 1 saturated heterocycles. The van der Waals surface area contributed by atoms with Crippen molar-refractivity contribution in [2.24, 2.45) is 4.99 Å². The predicted molar refractivity (Wildman–Crippen MR) is 132 cm³/mol. The number of oxazole rings is 1. The molecule has 0 spiro atoms. The highest BCUT2D eigenvalue weighted by atomic mass is 35.5. The van der Waals surface area contributed by atoms with E-state index in [1.807, 2.05) is 36.6 Å². The summed E-state index contributed by atoms with van der Waals surface area (Å²) < 4.78 is 21.5. The van der Waals surface area contributed by atoms with Crippen molar-refractivity contribution in [3.63, 3.8) is 0 Å². The molecule has 1 saturated carbocycles. The van der Waals surface area contributed by atoms with Crippen LogP contribution in [0.3, 0.4) is 0 Å². The maximum Gasteiger partial charge on any atom is 0.191 e. The second kappa shape index (κ2) is 9.97. The van der Waals surface area contributed by atoms with E-state index in [-0.39, 0.29) is 5.82 Å². The summed E-state index contributed by atoms with van der Waals surface area (Å²) in [5, 5.41) is 4.23. The third-order valence-corrected chi connectivity index (χ3v) is 7.69. The molecule has 0 radical (unpaired) electrons. The van der Waals surface area contributed by atoms with Crippen molar-refractivity contribution in [3.05, 3.63) is 75.2 Å². The molecule has 6 nitrogen and oxygen atoms in total. The van der Waals surface area contributed by atoms with Crippen molar-refractivity contribution in [2.75, 3.05) is 13.1 Å². The number of aliphatic imine (C=N–C) groups is 1. The molecule has 3 aromatic rings. The Morgan fingerprint density at radius 1 is 1.30 bits per heavy atom. The van der Waals surface area contributed by atoms with Gasteiger partial charge in [-0.1, -0.05) is 29.6 Å². The molecule has 6 rings (SSSR count). The van der Waals surface area contributed by atoms with E-state index in [1.165, 1.54) is 30.7 Å². The zero-order valence-electron chi connectivity index (χ0n) is 18.0. The number of aromatic nitrogens is 2. The van der Waals surface area contributed by atoms with E-state index in [2.05, 4.69) is 19.6 Å². The van der Waals surface area contributed by atoms with Gasteiger partial charge in [0.05, 0.1) is 12.7 Å². The molecule has 1 atom stereocenters. The van der Waals surface area contributed by atoms with Crippen LogP contribution in [0.15, 0.2) is 57.1 Å². The third kappa shape index (κ3) is 5.48. The van der Waals surface area contributed by atoms with Crippen LogP contribution in [0.5, 0.6) is 0 Å². The van der Waals surface area contributed by atoms with Crippen molar-refractivity contribution in [3.8, 4) is 0 Å². The van der Waals surface area contributed by atoms with Crippen molar-refractivity contribution < 1.29 is 8.81 Å². The van der Waals surface area contributed by atoms with Crippen LogP contribution in [-0.2, 0) is 0 Å². The average molecular weight is 504 g/mol. The van der Waals surface area contributed by atoms with Crippen LogP contribution in [-0.4, -0.2) is 45.1 Å². The summed E-state index contributed by atoms with van der Waals surface area (Å²) in [7, 11) is 0. The molecule has 10 heteroatoms. The standard InChI is InChI=1S/C17H19N5OS2.C6H4ClF/c1-10-19-8-15(23-10)13-7-20-16(17-18-4-5-24-17)22-9-11(6-14(13)22)21-25-12-2-3-12;7-5-2-1-3-6(8)4-5/h4-5,8,11-12,21H,2-3,6-7,9H2,1H3;1-4H. The summed E-state index contributed by atoms with van der Waals surface area (Å²) in [6.07, 6.45) is 7.32. The van der Waals surface area contributed by atoms with Gasteiger partial charge < -0.3 is 9.32 Å². The van der Waals surface area contributed by atoms with Crippen LogP contribution in [0.25, 0.3) is 5.57 Å². The molecular formula is C23H23ClFN5OS2. The van der Waals surface area contributed by atoms with Gasteiger partial charge in [0.25, 0.3) is 0 Å². The Balaban J connectivity index is 0.000000243. The van der Waals surface area contributed by atoms with Gasteiger partial charge in [-0.05, 0) is 31.0 Å². The molecule has 1 unspecified atom stereocenters. The Hall–Kier alpha value is -2.20. The number of hydrogen-bond donors (Lipinski definition) is 1. The van der Waals surface area contributed by atoms with E-state index in [0.29, 0.717) is 23.5 Å². The van der Waals surface area contributed by atoms with Crippen LogP contribution in [0.2, 0.25) is 5.02 Å². The molecule has 0 bridgehead atoms. The van der Waals surface area contributed by atoms with E-state index in [1.54, 1.807) is 23.5 Å². The smallest absolute Gasteiger partial charge is 0.191 e. The summed E-state index contributed by atoms with van der Waals surface area (Å²) in [6, 6.07) is 6.23. The number of halogens is 2. The lowest BCUT2D eigenvalue weighted by molar-refractivity contribution is 0.501. The number of amidine groups is 1. The van der Waals surface area contributed by atoms with Gasteiger partial charge in [-0.25, -0.2) is 14.4 Å². The number of fused-ring (bicyclic) bond motifs is 1. The Labute approximate surface area is 205 Å². The first-order valence-corrected chi connectivity index (χ1v) is 12.9. The van der Waals surface area contributed by atoms with Gasteiger partial charge in [-0.2, -0.15) is 0 Å². The lowest BCUT2D eigenvalue weighted by Crippen LogP contribution is -2.35. The fourth-order valence-electron chi connectivity index (χ4n) is 3.72. The minimum Gasteiger partial charge on any atom is -0.441 e. The molecule has 2 fully saturated rings. The molecule has 33 heavy (non-hydrogen) atoms. The van der Waals surface area contributed by atoms with E-state index in [9.17, 15) is 4.39 Å². The lowest BCUT2D eigenvalue weighted by Gasteiger charge is -2.26. The van der Waals surface area contributed by atoms with E-state index >= 15 is 0 Å². The molecular weight excluding hydrogens is 481 g/mol. The highest BCUT2D eigenvalue weighted by Gasteiger charge is 2.37. The quantitative estimate of drug-likeness (QED) is 0.459. The Bertz CT molecular complexity index is 1160. The molecule has 3 aliphatic rings. The maximum atomic E-state index is 12.1. The number of thiazole rings is 1. The molecule has 1 aromatic carbocycles. The van der Waals surface area contributed by atoms with E-state index in [0.717, 1.165) is 40.4 Å². The molecule has 1 N–H and O–H groups in total. The SMILES string of the molecule is Cc1ncc(C2=C3CC(NSC4CC4)CN3C(c3nccs3)=NC2)o1.Fc1cccc(Cl)c1. The zero-order chi connectivity index (χ0) is 22.8. The molecule has 4 heterocycles. The van der Waals surface area contributed by atoms with Crippen molar-refractivity contribution in [1.29, 1.82) is 0 Å². The van der Waals surface area contributed by atoms with Crippen LogP contribution >= 0.6 is 34.9 Å². The highest BCUT2D eigenvalue weighted by molar-refractivity contribution is 7.98. The minimum atomic E-state index is -0.294. The number of nitrogens with one attached hydrogen (secondary N) is 1. The summed E-state index contributed by atoms with van der Waals surface area (Å²) in [5.74, 6) is 2.24. The van der Waals surface area contributed by atoms with Crippen LogP contribution < -0.4 is 4.72 Å². The van der Waals surface area contributed by atoms with E-state index < -0.39 is 0 Å². The summed E-state index contributed by atoms with van der Waals surface area (Å²) in [5.41, 5.74) is 2.45. The largest absolute Gasteiger partial charge is 0.441 e. The summed E-state index contributed by atoms with van der Waals surface area (Å²) in [4.78, 5) is 15.9. The second-order valence-corrected chi connectivity index (χ2v) is 10.5. The monoisotopic (exact) mass is 503 g/mol. The van der Waals surface area contributed by atoms with Crippen LogP contribution in [0, 0.1) is 12.7 Å². The molecule has 0 amide bonds. The first-order chi connectivity index (χ1) is 16.1. The predicted octanol–water partition coefficient (Wildman–Crippen LogP) is 5.56. The van der Waals surface area contributed by atoms with Gasteiger partial charge >= 0.3 is 0 Å². The van der Waals surface area contributed by atoms with Crippen molar-refractivity contribution >= 4 is 46.3 Å². The number of hydrogen-bond acceptors (Lipinski definition) is 8. The van der Waals surface area contributed by atoms with Crippen LogP contribution in [0.1, 0.15) is 35.9 Å². The van der Waals surface area contributed by atoms with Gasteiger partial charge in [0, 0.05) is 59.1 Å². The number of nitrogens with zero attached hydrogens (tertiary/aromatic N) is 4. The van der Waals surface area contributed by atoms with Gasteiger partial charge in [-0.3, -0.25) is 9.71 Å². The Kier molecular flexibility index (Phi) is 6.82. The zero-order valence-corrected chi connectivity index (χ0v) is 20.4. The van der Waals surface area contributed by atoms with Crippen molar-refractivity contribution in [2.45, 2.75) is 37.5 Å². The summed E-state index contributed by atoms with van der Waals surface area (Å²) >= 11 is 8.94. The van der Waals surface area contributed by atoms with E-state index in [4.69, 9.17) is 21.0 Å². The van der Waals surface area contributed by atoms with Gasteiger partial charge in [0.1, 0.15) is 5.82 Å². The minimum absolute atomic E-state index is 0.294. The first-order valence-electron chi connectivity index (χ1n) is 10.8. The first kappa shape index (κ1) is 22.6. The lowest BCUT2D eigenvalue weighted by atomic mass is 10.1.